The highest BCUT2D eigenvalue weighted by molar-refractivity contribution is 5.68. The van der Waals surface area contributed by atoms with Crippen molar-refractivity contribution in [2.75, 3.05) is 0 Å². The predicted octanol–water partition coefficient (Wildman–Crippen LogP) is 2.12. The minimum absolute atomic E-state index is 0.0152. The Morgan fingerprint density at radius 2 is 2.31 bits per heavy atom. The zero-order valence-electron chi connectivity index (χ0n) is 9.01. The van der Waals surface area contributed by atoms with Gasteiger partial charge in [0.25, 0.3) is 0 Å². The monoisotopic (exact) mass is 222 g/mol. The van der Waals surface area contributed by atoms with E-state index in [4.69, 9.17) is 9.84 Å². The van der Waals surface area contributed by atoms with Crippen LogP contribution < -0.4 is 4.74 Å². The second-order valence-corrected chi connectivity index (χ2v) is 4.18. The minimum atomic E-state index is -0.826. The predicted molar refractivity (Wildman–Crippen MR) is 57.8 cm³/mol. The van der Waals surface area contributed by atoms with E-state index in [1.54, 1.807) is 18.2 Å². The number of carbonyl (C=O) groups is 1. The molecule has 2 atom stereocenters. The van der Waals surface area contributed by atoms with E-state index in [9.17, 15) is 9.90 Å². The Morgan fingerprint density at radius 3 is 3.00 bits per heavy atom. The van der Waals surface area contributed by atoms with E-state index in [0.29, 0.717) is 12.2 Å². The minimum Gasteiger partial charge on any atom is -0.508 e. The summed E-state index contributed by atoms with van der Waals surface area (Å²) in [6.45, 7) is 1.92. The molecule has 1 aromatic carbocycles. The molecular formula is C12H14O4. The van der Waals surface area contributed by atoms with E-state index in [0.717, 1.165) is 5.56 Å². The molecule has 0 amide bonds. The van der Waals surface area contributed by atoms with Gasteiger partial charge in [-0.3, -0.25) is 4.79 Å². The summed E-state index contributed by atoms with van der Waals surface area (Å²) in [5.74, 6) is -0.0770. The van der Waals surface area contributed by atoms with Crippen LogP contribution in [0.4, 0.5) is 0 Å². The fraction of sp³-hybridized carbons (Fsp3) is 0.417. The number of aromatic hydroxyl groups is 1. The molecule has 0 saturated carbocycles. The standard InChI is InChI=1S/C12H14O4/c1-7-4-8(5-12(14)15)10-6-9(13)2-3-11(10)16-7/h2-3,6-8,13H,4-5H2,1H3,(H,14,15). The number of carboxylic acids is 1. The van der Waals surface area contributed by atoms with E-state index < -0.39 is 5.97 Å². The summed E-state index contributed by atoms with van der Waals surface area (Å²) < 4.78 is 5.59. The second kappa shape index (κ2) is 4.04. The lowest BCUT2D eigenvalue weighted by molar-refractivity contribution is -0.137. The van der Waals surface area contributed by atoms with Crippen LogP contribution >= 0.6 is 0 Å². The van der Waals surface area contributed by atoms with Crippen molar-refractivity contribution in [2.45, 2.75) is 31.8 Å². The maximum Gasteiger partial charge on any atom is 0.303 e. The molecule has 0 aliphatic carbocycles. The van der Waals surface area contributed by atoms with Gasteiger partial charge in [-0.15, -0.1) is 0 Å². The molecule has 1 heterocycles. The lowest BCUT2D eigenvalue weighted by Crippen LogP contribution is -2.24. The summed E-state index contributed by atoms with van der Waals surface area (Å²) in [7, 11) is 0. The third-order valence-electron chi connectivity index (χ3n) is 2.80. The third-order valence-corrected chi connectivity index (χ3v) is 2.80. The molecular weight excluding hydrogens is 208 g/mol. The Kier molecular flexibility index (Phi) is 2.73. The molecule has 0 saturated heterocycles. The van der Waals surface area contributed by atoms with Crippen LogP contribution in [-0.2, 0) is 4.79 Å². The van der Waals surface area contributed by atoms with Crippen LogP contribution in [-0.4, -0.2) is 22.3 Å². The molecule has 16 heavy (non-hydrogen) atoms. The SMILES string of the molecule is CC1CC(CC(=O)O)c2cc(O)ccc2O1. The van der Waals surface area contributed by atoms with Gasteiger partial charge in [0, 0.05) is 11.5 Å². The topological polar surface area (TPSA) is 66.8 Å². The quantitative estimate of drug-likeness (QED) is 0.804. The van der Waals surface area contributed by atoms with Crippen molar-refractivity contribution in [2.24, 2.45) is 0 Å². The largest absolute Gasteiger partial charge is 0.508 e. The normalized spacial score (nSPS) is 23.3. The average Bonchev–Trinajstić information content (AvgIpc) is 2.18. The maximum atomic E-state index is 10.8. The number of phenolic OH excluding ortho intramolecular Hbond substituents is 1. The number of rotatable bonds is 2. The van der Waals surface area contributed by atoms with E-state index >= 15 is 0 Å². The summed E-state index contributed by atoms with van der Waals surface area (Å²) in [4.78, 5) is 10.8. The van der Waals surface area contributed by atoms with Crippen molar-refractivity contribution in [1.82, 2.24) is 0 Å². The highest BCUT2D eigenvalue weighted by Crippen LogP contribution is 2.39. The van der Waals surface area contributed by atoms with Gasteiger partial charge in [0.1, 0.15) is 11.5 Å². The molecule has 2 N–H and O–H groups in total. The molecule has 0 bridgehead atoms. The van der Waals surface area contributed by atoms with Gasteiger partial charge in [-0.25, -0.2) is 0 Å². The van der Waals surface area contributed by atoms with E-state index in [1.165, 1.54) is 0 Å². The molecule has 2 rings (SSSR count). The number of hydrogen-bond donors (Lipinski definition) is 2. The van der Waals surface area contributed by atoms with Crippen molar-refractivity contribution in [1.29, 1.82) is 0 Å². The summed E-state index contributed by atoms with van der Waals surface area (Å²) in [6.07, 6.45) is 0.758. The van der Waals surface area contributed by atoms with Crippen molar-refractivity contribution >= 4 is 5.97 Å². The van der Waals surface area contributed by atoms with Crippen LogP contribution in [0.2, 0.25) is 0 Å². The van der Waals surface area contributed by atoms with Crippen molar-refractivity contribution < 1.29 is 19.7 Å². The van der Waals surface area contributed by atoms with E-state index in [1.807, 2.05) is 6.92 Å². The van der Waals surface area contributed by atoms with Crippen LogP contribution in [0.3, 0.4) is 0 Å². The molecule has 0 radical (unpaired) electrons. The molecule has 2 unspecified atom stereocenters. The van der Waals surface area contributed by atoms with Crippen molar-refractivity contribution in [3.05, 3.63) is 23.8 Å². The molecule has 0 spiro atoms. The Hall–Kier alpha value is -1.71. The fourth-order valence-corrected chi connectivity index (χ4v) is 2.16. The summed E-state index contributed by atoms with van der Waals surface area (Å²) in [5.41, 5.74) is 0.792. The lowest BCUT2D eigenvalue weighted by atomic mass is 9.87. The molecule has 1 aliphatic rings. The smallest absolute Gasteiger partial charge is 0.303 e. The molecule has 4 heteroatoms. The summed E-state index contributed by atoms with van der Waals surface area (Å²) >= 11 is 0. The Morgan fingerprint density at radius 1 is 1.56 bits per heavy atom. The first-order valence-corrected chi connectivity index (χ1v) is 5.27. The van der Waals surface area contributed by atoms with Crippen molar-refractivity contribution in [3.8, 4) is 11.5 Å². The Balaban J connectivity index is 2.35. The molecule has 86 valence electrons. The number of fused-ring (bicyclic) bond motifs is 1. The average molecular weight is 222 g/mol. The van der Waals surface area contributed by atoms with Crippen LogP contribution in [0.25, 0.3) is 0 Å². The number of aliphatic carboxylic acids is 1. The first-order chi connectivity index (χ1) is 7.56. The molecule has 4 nitrogen and oxygen atoms in total. The fourth-order valence-electron chi connectivity index (χ4n) is 2.16. The Labute approximate surface area is 93.5 Å². The highest BCUT2D eigenvalue weighted by atomic mass is 16.5. The van der Waals surface area contributed by atoms with Gasteiger partial charge >= 0.3 is 5.97 Å². The number of hydrogen-bond acceptors (Lipinski definition) is 3. The first kappa shape index (κ1) is 10.8. The van der Waals surface area contributed by atoms with Gasteiger partial charge < -0.3 is 14.9 Å². The Bertz CT molecular complexity index is 413. The van der Waals surface area contributed by atoms with Crippen LogP contribution in [0, 0.1) is 0 Å². The third kappa shape index (κ3) is 2.10. The molecule has 0 fully saturated rings. The summed E-state index contributed by atoms with van der Waals surface area (Å²) in [5, 5.41) is 18.2. The van der Waals surface area contributed by atoms with Crippen LogP contribution in [0.1, 0.15) is 31.2 Å². The van der Waals surface area contributed by atoms with E-state index in [2.05, 4.69) is 0 Å². The second-order valence-electron chi connectivity index (χ2n) is 4.18. The van der Waals surface area contributed by atoms with Crippen LogP contribution in [0.5, 0.6) is 11.5 Å². The number of carboxylic acid groups (broad SMARTS) is 1. The van der Waals surface area contributed by atoms with Gasteiger partial charge in [-0.05, 0) is 31.5 Å². The van der Waals surface area contributed by atoms with Gasteiger partial charge in [0.15, 0.2) is 0 Å². The van der Waals surface area contributed by atoms with Crippen molar-refractivity contribution in [3.63, 3.8) is 0 Å². The zero-order chi connectivity index (χ0) is 11.7. The van der Waals surface area contributed by atoms with Gasteiger partial charge in [0.05, 0.1) is 12.5 Å². The van der Waals surface area contributed by atoms with Gasteiger partial charge in [-0.1, -0.05) is 0 Å². The van der Waals surface area contributed by atoms with E-state index in [-0.39, 0.29) is 24.2 Å². The number of phenols is 1. The first-order valence-electron chi connectivity index (χ1n) is 5.27. The molecule has 1 aliphatic heterocycles. The number of benzene rings is 1. The van der Waals surface area contributed by atoms with Crippen LogP contribution in [0.15, 0.2) is 18.2 Å². The number of ether oxygens (including phenoxy) is 1. The lowest BCUT2D eigenvalue weighted by Gasteiger charge is -2.29. The summed E-state index contributed by atoms with van der Waals surface area (Å²) in [6, 6.07) is 4.83. The maximum absolute atomic E-state index is 10.8. The molecule has 0 aromatic heterocycles. The van der Waals surface area contributed by atoms with Gasteiger partial charge in [0.2, 0.25) is 0 Å². The highest BCUT2D eigenvalue weighted by Gasteiger charge is 2.27. The molecule has 1 aromatic rings. The zero-order valence-corrected chi connectivity index (χ0v) is 9.01. The van der Waals surface area contributed by atoms with Gasteiger partial charge in [-0.2, -0.15) is 0 Å².